The molecule has 0 amide bonds. The van der Waals surface area contributed by atoms with Crippen molar-refractivity contribution in [3.8, 4) is 11.5 Å². The van der Waals surface area contributed by atoms with Crippen LogP contribution in [-0.4, -0.2) is 24.5 Å². The Hall–Kier alpha value is -3.01. The lowest BCUT2D eigenvalue weighted by molar-refractivity contribution is -0.385. The van der Waals surface area contributed by atoms with E-state index in [1.54, 1.807) is 0 Å². The zero-order valence-electron chi connectivity index (χ0n) is 12.6. The average Bonchev–Trinajstić information content (AvgIpc) is 2.45. The van der Waals surface area contributed by atoms with Gasteiger partial charge in [0.2, 0.25) is 5.75 Å². The van der Waals surface area contributed by atoms with Crippen LogP contribution in [0.4, 0.5) is 11.4 Å². The van der Waals surface area contributed by atoms with E-state index in [1.165, 1.54) is 37.3 Å². The lowest BCUT2D eigenvalue weighted by Gasteiger charge is -2.08. The highest BCUT2D eigenvalue weighted by Gasteiger charge is 2.21. The molecule has 0 aliphatic heterocycles. The molecule has 0 heterocycles. The number of hydrogen-bond donors (Lipinski definition) is 0. The van der Waals surface area contributed by atoms with Crippen LogP contribution in [0.1, 0.15) is 5.56 Å². The van der Waals surface area contributed by atoms with Crippen molar-refractivity contribution in [1.29, 1.82) is 0 Å². The SMILES string of the molecule is Cc1cc(Oc2ccc(S(C)(=O)=O)cc2[N+](=O)[O-])ccc1[N+](=O)[O-]. The van der Waals surface area contributed by atoms with Crippen LogP contribution >= 0.6 is 0 Å². The number of hydrogen-bond acceptors (Lipinski definition) is 7. The molecule has 0 unspecified atom stereocenters. The minimum absolute atomic E-state index is 0.107. The second-order valence-corrected chi connectivity index (χ2v) is 6.98. The van der Waals surface area contributed by atoms with Crippen molar-refractivity contribution in [2.24, 2.45) is 0 Å². The number of benzene rings is 2. The molecule has 0 atom stereocenters. The molecule has 0 fully saturated rings. The molecule has 0 saturated carbocycles. The number of nitro groups is 2. The van der Waals surface area contributed by atoms with Gasteiger partial charge in [-0.05, 0) is 31.2 Å². The Balaban J connectivity index is 2.45. The van der Waals surface area contributed by atoms with Gasteiger partial charge < -0.3 is 4.74 Å². The lowest BCUT2D eigenvalue weighted by atomic mass is 10.2. The third-order valence-electron chi connectivity index (χ3n) is 3.15. The maximum absolute atomic E-state index is 11.5. The second-order valence-electron chi connectivity index (χ2n) is 4.97. The van der Waals surface area contributed by atoms with Gasteiger partial charge in [0, 0.05) is 24.0 Å². The molecule has 9 nitrogen and oxygen atoms in total. The normalized spacial score (nSPS) is 11.1. The zero-order chi connectivity index (χ0) is 18.1. The number of nitrogens with zero attached hydrogens (tertiary/aromatic N) is 2. The molecular formula is C14H12N2O7S. The molecule has 2 aromatic rings. The summed E-state index contributed by atoms with van der Waals surface area (Å²) in [4.78, 5) is 20.4. The Morgan fingerprint density at radius 2 is 1.58 bits per heavy atom. The quantitative estimate of drug-likeness (QED) is 0.597. The van der Waals surface area contributed by atoms with Crippen LogP contribution in [0.3, 0.4) is 0 Å². The molecule has 126 valence electrons. The van der Waals surface area contributed by atoms with Crippen LogP contribution in [0.5, 0.6) is 11.5 Å². The third-order valence-corrected chi connectivity index (χ3v) is 4.26. The Labute approximate surface area is 136 Å². The summed E-state index contributed by atoms with van der Waals surface area (Å²) in [6, 6.07) is 7.16. The predicted molar refractivity (Wildman–Crippen MR) is 84.1 cm³/mol. The van der Waals surface area contributed by atoms with Crippen LogP contribution in [-0.2, 0) is 9.84 Å². The summed E-state index contributed by atoms with van der Waals surface area (Å²) in [7, 11) is -3.61. The molecule has 24 heavy (non-hydrogen) atoms. The van der Waals surface area contributed by atoms with Gasteiger partial charge in [0.15, 0.2) is 9.84 Å². The fraction of sp³-hybridized carbons (Fsp3) is 0.143. The average molecular weight is 352 g/mol. The molecule has 0 bridgehead atoms. The smallest absolute Gasteiger partial charge is 0.312 e. The van der Waals surface area contributed by atoms with Crippen LogP contribution < -0.4 is 4.74 Å². The number of nitro benzene ring substituents is 2. The molecule has 10 heteroatoms. The van der Waals surface area contributed by atoms with Crippen molar-refractivity contribution in [2.75, 3.05) is 6.26 Å². The maximum atomic E-state index is 11.5. The largest absolute Gasteiger partial charge is 0.450 e. The highest BCUT2D eigenvalue weighted by Crippen LogP contribution is 2.34. The van der Waals surface area contributed by atoms with E-state index >= 15 is 0 Å². The van der Waals surface area contributed by atoms with Gasteiger partial charge >= 0.3 is 5.69 Å². The van der Waals surface area contributed by atoms with E-state index in [0.29, 0.717) is 5.56 Å². The first-order chi connectivity index (χ1) is 11.1. The molecule has 0 N–H and O–H groups in total. The summed E-state index contributed by atoms with van der Waals surface area (Å²) in [6.07, 6.45) is 0.937. The predicted octanol–water partition coefficient (Wildman–Crippen LogP) is 3.01. The zero-order valence-corrected chi connectivity index (χ0v) is 13.4. The molecule has 0 aliphatic rings. The van der Waals surface area contributed by atoms with Crippen molar-refractivity contribution in [3.05, 3.63) is 62.2 Å². The maximum Gasteiger partial charge on any atom is 0.312 e. The van der Waals surface area contributed by atoms with Gasteiger partial charge in [-0.2, -0.15) is 0 Å². The van der Waals surface area contributed by atoms with E-state index in [2.05, 4.69) is 0 Å². The van der Waals surface area contributed by atoms with Gasteiger partial charge in [-0.15, -0.1) is 0 Å². The molecule has 0 radical (unpaired) electrons. The monoisotopic (exact) mass is 352 g/mol. The van der Waals surface area contributed by atoms with Crippen LogP contribution in [0.15, 0.2) is 41.3 Å². The second kappa shape index (κ2) is 6.24. The molecule has 0 aromatic heterocycles. The summed E-state index contributed by atoms with van der Waals surface area (Å²) in [5.74, 6) is -0.00559. The van der Waals surface area contributed by atoms with Crippen molar-refractivity contribution in [2.45, 2.75) is 11.8 Å². The number of ether oxygens (including phenoxy) is 1. The summed E-state index contributed by atoms with van der Waals surface area (Å²) >= 11 is 0. The van der Waals surface area contributed by atoms with Gasteiger partial charge in [-0.1, -0.05) is 0 Å². The lowest BCUT2D eigenvalue weighted by Crippen LogP contribution is -2.00. The van der Waals surface area contributed by atoms with E-state index in [-0.39, 0.29) is 22.1 Å². The summed E-state index contributed by atoms with van der Waals surface area (Å²) < 4.78 is 28.4. The van der Waals surface area contributed by atoms with Gasteiger partial charge in [0.1, 0.15) is 5.75 Å². The minimum atomic E-state index is -3.61. The topological polar surface area (TPSA) is 130 Å². The van der Waals surface area contributed by atoms with Crippen LogP contribution in [0.25, 0.3) is 0 Å². The van der Waals surface area contributed by atoms with E-state index in [1.807, 2.05) is 0 Å². The van der Waals surface area contributed by atoms with Gasteiger partial charge in [0.25, 0.3) is 5.69 Å². The van der Waals surface area contributed by atoms with Gasteiger partial charge in [-0.3, -0.25) is 20.2 Å². The standard InChI is InChI=1S/C14H12N2O7S/c1-9-7-10(3-5-12(9)15(17)18)23-14-6-4-11(24(2,21)22)8-13(14)16(19)20/h3-8H,1-2H3. The van der Waals surface area contributed by atoms with Crippen molar-refractivity contribution in [1.82, 2.24) is 0 Å². The van der Waals surface area contributed by atoms with Crippen molar-refractivity contribution in [3.63, 3.8) is 0 Å². The Kier molecular flexibility index (Phi) is 4.51. The summed E-state index contributed by atoms with van der Waals surface area (Å²) in [6.45, 7) is 1.51. The number of aryl methyl sites for hydroxylation is 1. The molecule has 0 aliphatic carbocycles. The summed E-state index contributed by atoms with van der Waals surface area (Å²) in [5.41, 5.74) is -0.300. The fourth-order valence-corrected chi connectivity index (χ4v) is 2.62. The van der Waals surface area contributed by atoms with E-state index in [4.69, 9.17) is 4.74 Å². The van der Waals surface area contributed by atoms with Crippen molar-refractivity contribution >= 4 is 21.2 Å². The number of sulfone groups is 1. The van der Waals surface area contributed by atoms with Crippen LogP contribution in [0, 0.1) is 27.2 Å². The van der Waals surface area contributed by atoms with Crippen LogP contribution in [0.2, 0.25) is 0 Å². The highest BCUT2D eigenvalue weighted by molar-refractivity contribution is 7.90. The first kappa shape index (κ1) is 17.3. The summed E-state index contributed by atoms with van der Waals surface area (Å²) in [5, 5.41) is 21.9. The fourth-order valence-electron chi connectivity index (χ4n) is 1.98. The van der Waals surface area contributed by atoms with E-state index < -0.39 is 25.4 Å². The molecule has 2 rings (SSSR count). The third kappa shape index (κ3) is 3.66. The first-order valence-electron chi connectivity index (χ1n) is 6.51. The molecule has 2 aromatic carbocycles. The minimum Gasteiger partial charge on any atom is -0.450 e. The van der Waals surface area contributed by atoms with E-state index in [0.717, 1.165) is 12.3 Å². The van der Waals surface area contributed by atoms with E-state index in [9.17, 15) is 28.6 Å². The molecule has 0 saturated heterocycles. The van der Waals surface area contributed by atoms with Gasteiger partial charge in [0.05, 0.1) is 14.7 Å². The van der Waals surface area contributed by atoms with Crippen molar-refractivity contribution < 1.29 is 23.0 Å². The number of rotatable bonds is 5. The molecular weight excluding hydrogens is 340 g/mol. The Bertz CT molecular complexity index is 938. The Morgan fingerprint density at radius 1 is 0.958 bits per heavy atom. The Morgan fingerprint density at radius 3 is 2.08 bits per heavy atom. The van der Waals surface area contributed by atoms with Gasteiger partial charge in [-0.25, -0.2) is 8.42 Å². The molecule has 0 spiro atoms. The first-order valence-corrected chi connectivity index (χ1v) is 8.40. The highest BCUT2D eigenvalue weighted by atomic mass is 32.2.